The van der Waals surface area contributed by atoms with Gasteiger partial charge in [-0.3, -0.25) is 4.79 Å². The van der Waals surface area contributed by atoms with Gasteiger partial charge in [0.1, 0.15) is 10.9 Å². The third-order valence-corrected chi connectivity index (χ3v) is 9.92. The summed E-state index contributed by atoms with van der Waals surface area (Å²) in [6, 6.07) is 18.2. The van der Waals surface area contributed by atoms with E-state index in [0.29, 0.717) is 40.6 Å². The number of carbonyl (C=O) groups is 1. The number of thioether (sulfide) groups is 1. The van der Waals surface area contributed by atoms with Gasteiger partial charge in [0.15, 0.2) is 5.58 Å². The van der Waals surface area contributed by atoms with Crippen LogP contribution in [0.3, 0.4) is 0 Å². The van der Waals surface area contributed by atoms with Gasteiger partial charge in [0, 0.05) is 33.8 Å². The van der Waals surface area contributed by atoms with Crippen LogP contribution in [0.1, 0.15) is 83.9 Å². The van der Waals surface area contributed by atoms with Crippen molar-refractivity contribution in [3.8, 4) is 17.5 Å². The lowest BCUT2D eigenvalue weighted by atomic mass is 9.89. The Labute approximate surface area is 269 Å². The Morgan fingerprint density at radius 1 is 1.15 bits per heavy atom. The number of allylic oxidation sites excluding steroid dienone is 3. The molecule has 1 amide bonds. The molecule has 2 unspecified atom stereocenters. The lowest BCUT2D eigenvalue weighted by molar-refractivity contribution is -0.137. The Morgan fingerprint density at radius 2 is 1.89 bits per heavy atom. The fourth-order valence-corrected chi connectivity index (χ4v) is 7.21. The first-order valence-corrected chi connectivity index (χ1v) is 16.1. The smallest absolute Gasteiger partial charge is 0.416 e. The number of oxazole rings is 1. The highest BCUT2D eigenvalue weighted by Crippen LogP contribution is 2.46. The van der Waals surface area contributed by atoms with Gasteiger partial charge < -0.3 is 15.1 Å². The Balaban J connectivity index is 1.03. The van der Waals surface area contributed by atoms with Gasteiger partial charge in [0.05, 0.1) is 17.2 Å². The second-order valence-corrected chi connectivity index (χ2v) is 13.2. The summed E-state index contributed by atoms with van der Waals surface area (Å²) in [5.74, 6) is 0.775. The van der Waals surface area contributed by atoms with E-state index in [1.807, 2.05) is 39.0 Å². The molecular weight excluding hydrogens is 609 g/mol. The number of hydrogen-bond donors (Lipinski definition) is 2. The van der Waals surface area contributed by atoms with Crippen molar-refractivity contribution in [3.63, 3.8) is 0 Å². The zero-order chi connectivity index (χ0) is 32.6. The number of nitriles is 1. The number of amides is 1. The molecule has 2 heterocycles. The van der Waals surface area contributed by atoms with Crippen molar-refractivity contribution < 1.29 is 22.4 Å². The zero-order valence-electron chi connectivity index (χ0n) is 25.7. The fraction of sp³-hybridized carbons (Fsp3) is 0.306. The average Bonchev–Trinajstić information content (AvgIpc) is 3.66. The van der Waals surface area contributed by atoms with Gasteiger partial charge in [-0.05, 0) is 97.7 Å². The molecule has 0 saturated heterocycles. The number of rotatable bonds is 7. The molecule has 2 N–H and O–H groups in total. The van der Waals surface area contributed by atoms with Crippen LogP contribution in [0.2, 0.25) is 0 Å². The molecular formula is C36H33F3N4O2S. The maximum absolute atomic E-state index is 13.0. The maximum Gasteiger partial charge on any atom is 0.416 e. The SMILES string of the molecule is CC1=C(C2=CCC(CNC(=O)c3ccc(-c4nc5cc(C#N)cc(C(C)C)c5o4)cc3)CC2)SC(c2ccc(C(F)(F)F)cc2)N1. The lowest BCUT2D eigenvalue weighted by Gasteiger charge is -2.23. The van der Waals surface area contributed by atoms with E-state index in [9.17, 15) is 23.2 Å². The van der Waals surface area contributed by atoms with Gasteiger partial charge in [-0.15, -0.1) is 0 Å². The number of alkyl halides is 3. The Hall–Kier alpha value is -4.49. The van der Waals surface area contributed by atoms with E-state index < -0.39 is 11.7 Å². The number of nitrogens with zero attached hydrogens (tertiary/aromatic N) is 2. The molecule has 2 aliphatic rings. The molecule has 0 radical (unpaired) electrons. The first kappa shape index (κ1) is 31.5. The molecule has 0 bridgehead atoms. The molecule has 1 aliphatic heterocycles. The average molecular weight is 643 g/mol. The molecule has 2 atom stereocenters. The first-order valence-electron chi connectivity index (χ1n) is 15.2. The standard InChI is InChI=1S/C36H33F3N4O2S/c1-20(2)29-16-23(18-40)17-30-31(29)45-34(43-30)26-10-8-25(9-11-26)33(44)41-19-22-4-6-24(7-5-22)32-21(3)42-35(46-32)27-12-14-28(15-13-27)36(37,38)39/h6,8-17,20,22,35,42H,4-5,7,19H2,1-3H3,(H,41,44). The number of benzene rings is 3. The molecule has 1 aliphatic carbocycles. The molecule has 0 spiro atoms. The molecule has 1 aromatic heterocycles. The van der Waals surface area contributed by atoms with Crippen LogP contribution in [0.4, 0.5) is 13.2 Å². The van der Waals surface area contributed by atoms with Crippen molar-refractivity contribution in [2.45, 2.75) is 57.5 Å². The van der Waals surface area contributed by atoms with Crippen LogP contribution in [-0.4, -0.2) is 17.4 Å². The minimum atomic E-state index is -4.35. The highest BCUT2D eigenvalue weighted by Gasteiger charge is 2.32. The number of aromatic nitrogens is 1. The van der Waals surface area contributed by atoms with Crippen molar-refractivity contribution in [3.05, 3.63) is 111 Å². The summed E-state index contributed by atoms with van der Waals surface area (Å²) in [6.07, 6.45) is 0.508. The second kappa shape index (κ2) is 12.7. The molecule has 4 aromatic rings. The predicted molar refractivity (Wildman–Crippen MR) is 174 cm³/mol. The summed E-state index contributed by atoms with van der Waals surface area (Å²) in [4.78, 5) is 18.7. The quantitative estimate of drug-likeness (QED) is 0.209. The van der Waals surface area contributed by atoms with E-state index in [0.717, 1.165) is 58.7 Å². The summed E-state index contributed by atoms with van der Waals surface area (Å²) >= 11 is 1.64. The van der Waals surface area contributed by atoms with Gasteiger partial charge in [0.2, 0.25) is 5.89 Å². The summed E-state index contributed by atoms with van der Waals surface area (Å²) in [5.41, 5.74) is 6.50. The van der Waals surface area contributed by atoms with Crippen molar-refractivity contribution in [2.24, 2.45) is 5.92 Å². The Morgan fingerprint density at radius 3 is 2.52 bits per heavy atom. The van der Waals surface area contributed by atoms with E-state index in [1.165, 1.54) is 17.7 Å². The van der Waals surface area contributed by atoms with Crippen LogP contribution in [0.5, 0.6) is 0 Å². The van der Waals surface area contributed by atoms with Crippen LogP contribution in [-0.2, 0) is 6.18 Å². The largest absolute Gasteiger partial charge is 0.436 e. The molecule has 3 aromatic carbocycles. The molecule has 46 heavy (non-hydrogen) atoms. The predicted octanol–water partition coefficient (Wildman–Crippen LogP) is 9.23. The Bertz CT molecular complexity index is 1880. The molecule has 0 saturated carbocycles. The van der Waals surface area contributed by atoms with Crippen LogP contribution in [0, 0.1) is 17.2 Å². The van der Waals surface area contributed by atoms with Crippen LogP contribution < -0.4 is 10.6 Å². The summed E-state index contributed by atoms with van der Waals surface area (Å²) < 4.78 is 45.0. The van der Waals surface area contributed by atoms with E-state index >= 15 is 0 Å². The minimum absolute atomic E-state index is 0.127. The molecule has 0 fully saturated rings. The van der Waals surface area contributed by atoms with Crippen LogP contribution >= 0.6 is 11.8 Å². The monoisotopic (exact) mass is 642 g/mol. The van der Waals surface area contributed by atoms with E-state index in [1.54, 1.807) is 30.0 Å². The van der Waals surface area contributed by atoms with Gasteiger partial charge >= 0.3 is 6.18 Å². The van der Waals surface area contributed by atoms with E-state index in [2.05, 4.69) is 27.8 Å². The second-order valence-electron chi connectivity index (χ2n) is 12.1. The lowest BCUT2D eigenvalue weighted by Crippen LogP contribution is -2.30. The van der Waals surface area contributed by atoms with Gasteiger partial charge in [-0.25, -0.2) is 4.98 Å². The molecule has 236 valence electrons. The van der Waals surface area contributed by atoms with Crippen molar-refractivity contribution >= 4 is 28.8 Å². The highest BCUT2D eigenvalue weighted by atomic mass is 32.2. The van der Waals surface area contributed by atoms with E-state index in [-0.39, 0.29) is 17.2 Å². The first-order chi connectivity index (χ1) is 22.0. The third kappa shape index (κ3) is 6.56. The zero-order valence-corrected chi connectivity index (χ0v) is 26.5. The summed E-state index contributed by atoms with van der Waals surface area (Å²) in [5, 5.41) is 15.8. The van der Waals surface area contributed by atoms with Gasteiger partial charge in [-0.2, -0.15) is 18.4 Å². The number of halogens is 3. The van der Waals surface area contributed by atoms with Gasteiger partial charge in [0.25, 0.3) is 5.91 Å². The third-order valence-electron chi connectivity index (χ3n) is 8.49. The highest BCUT2D eigenvalue weighted by molar-refractivity contribution is 8.03. The van der Waals surface area contributed by atoms with Crippen LogP contribution in [0.15, 0.2) is 87.3 Å². The van der Waals surface area contributed by atoms with Crippen LogP contribution in [0.25, 0.3) is 22.6 Å². The van der Waals surface area contributed by atoms with Crippen molar-refractivity contribution in [2.75, 3.05) is 6.54 Å². The van der Waals surface area contributed by atoms with E-state index in [4.69, 9.17) is 4.42 Å². The summed E-state index contributed by atoms with van der Waals surface area (Å²) in [7, 11) is 0. The van der Waals surface area contributed by atoms with Crippen molar-refractivity contribution in [1.29, 1.82) is 5.26 Å². The topological polar surface area (TPSA) is 91.0 Å². The number of hydrogen-bond acceptors (Lipinski definition) is 6. The molecule has 6 rings (SSSR count). The normalized spacial score (nSPS) is 18.4. The Kier molecular flexibility index (Phi) is 8.71. The number of carbonyl (C=O) groups excluding carboxylic acids is 1. The molecule has 10 heteroatoms. The molecule has 6 nitrogen and oxygen atoms in total. The number of fused-ring (bicyclic) bond motifs is 1. The fourth-order valence-electron chi connectivity index (χ4n) is 5.87. The van der Waals surface area contributed by atoms with Crippen molar-refractivity contribution in [1.82, 2.24) is 15.6 Å². The summed E-state index contributed by atoms with van der Waals surface area (Å²) in [6.45, 7) is 6.65. The minimum Gasteiger partial charge on any atom is -0.436 e. The number of nitrogens with one attached hydrogen (secondary N) is 2. The maximum atomic E-state index is 13.0. The van der Waals surface area contributed by atoms with Gasteiger partial charge in [-0.1, -0.05) is 43.8 Å².